The highest BCUT2D eigenvalue weighted by atomic mass is 19.3. The first kappa shape index (κ1) is 8.97. The lowest BCUT2D eigenvalue weighted by Crippen LogP contribution is -2.08. The minimum absolute atomic E-state index is 0.0700. The molecule has 66 valence electrons. The van der Waals surface area contributed by atoms with Gasteiger partial charge in [-0.15, -0.1) is 0 Å². The van der Waals surface area contributed by atoms with Crippen molar-refractivity contribution in [1.29, 1.82) is 0 Å². The Morgan fingerprint density at radius 2 is 1.58 bits per heavy atom. The maximum atomic E-state index is 12.1. The van der Waals surface area contributed by atoms with Crippen LogP contribution in [-0.2, 0) is 0 Å². The van der Waals surface area contributed by atoms with Crippen LogP contribution >= 0.6 is 0 Å². The van der Waals surface area contributed by atoms with Crippen molar-refractivity contribution in [1.82, 2.24) is 0 Å². The molecule has 0 fully saturated rings. The number of halogens is 2. The maximum Gasteiger partial charge on any atom is 0.263 e. The van der Waals surface area contributed by atoms with Gasteiger partial charge in [0.05, 0.1) is 0 Å². The van der Waals surface area contributed by atoms with Gasteiger partial charge in [-0.25, -0.2) is 8.78 Å². The van der Waals surface area contributed by atoms with E-state index in [2.05, 4.69) is 0 Å². The molecule has 1 aromatic rings. The standard InChI is InChI=1S/C9H11F2N/c1-12(2)8-5-3-7(4-6-8)9(10)11/h3-6,9H,1-2H3. The average Bonchev–Trinajstić information content (AvgIpc) is 2.04. The summed E-state index contributed by atoms with van der Waals surface area (Å²) >= 11 is 0. The molecule has 0 radical (unpaired) electrons. The third-order valence-corrected chi connectivity index (χ3v) is 1.66. The molecule has 0 heterocycles. The Labute approximate surface area is 70.6 Å². The highest BCUT2D eigenvalue weighted by molar-refractivity contribution is 5.46. The van der Waals surface area contributed by atoms with Gasteiger partial charge in [-0.3, -0.25) is 0 Å². The summed E-state index contributed by atoms with van der Waals surface area (Å²) in [6, 6.07) is 6.25. The summed E-state index contributed by atoms with van der Waals surface area (Å²) in [6.45, 7) is 0. The highest BCUT2D eigenvalue weighted by Crippen LogP contribution is 2.21. The second kappa shape index (κ2) is 3.52. The van der Waals surface area contributed by atoms with Crippen molar-refractivity contribution in [2.75, 3.05) is 19.0 Å². The molecule has 1 rings (SSSR count). The monoisotopic (exact) mass is 171 g/mol. The SMILES string of the molecule is CN(C)c1ccc(C(F)F)cc1. The molecule has 0 aliphatic rings. The molecule has 0 atom stereocenters. The van der Waals surface area contributed by atoms with Crippen molar-refractivity contribution in [3.63, 3.8) is 0 Å². The minimum atomic E-state index is -2.37. The number of hydrogen-bond acceptors (Lipinski definition) is 1. The number of nitrogens with zero attached hydrogens (tertiary/aromatic N) is 1. The first-order valence-electron chi connectivity index (χ1n) is 3.66. The molecule has 0 aliphatic carbocycles. The molecule has 0 amide bonds. The Hall–Kier alpha value is -1.12. The van der Waals surface area contributed by atoms with Gasteiger partial charge in [0.1, 0.15) is 0 Å². The van der Waals surface area contributed by atoms with Crippen LogP contribution < -0.4 is 4.90 Å². The van der Waals surface area contributed by atoms with E-state index >= 15 is 0 Å². The fraction of sp³-hybridized carbons (Fsp3) is 0.333. The Kier molecular flexibility index (Phi) is 2.63. The predicted molar refractivity (Wildman–Crippen MR) is 45.7 cm³/mol. The van der Waals surface area contributed by atoms with Crippen LogP contribution in [0.25, 0.3) is 0 Å². The molecule has 0 saturated carbocycles. The molecule has 3 heteroatoms. The minimum Gasteiger partial charge on any atom is -0.378 e. The largest absolute Gasteiger partial charge is 0.378 e. The van der Waals surface area contributed by atoms with E-state index in [0.29, 0.717) is 0 Å². The smallest absolute Gasteiger partial charge is 0.263 e. The van der Waals surface area contributed by atoms with Crippen LogP contribution in [-0.4, -0.2) is 14.1 Å². The van der Waals surface area contributed by atoms with Gasteiger partial charge in [0, 0.05) is 25.3 Å². The Balaban J connectivity index is 2.86. The zero-order valence-corrected chi connectivity index (χ0v) is 7.09. The molecule has 0 N–H and O–H groups in total. The van der Waals surface area contributed by atoms with Crippen molar-refractivity contribution in [2.24, 2.45) is 0 Å². The molecule has 0 saturated heterocycles. The van der Waals surface area contributed by atoms with Gasteiger partial charge in [-0.1, -0.05) is 12.1 Å². The van der Waals surface area contributed by atoms with E-state index in [0.717, 1.165) is 5.69 Å². The average molecular weight is 171 g/mol. The third kappa shape index (κ3) is 1.94. The van der Waals surface area contributed by atoms with E-state index in [1.54, 1.807) is 12.1 Å². The highest BCUT2D eigenvalue weighted by Gasteiger charge is 2.05. The van der Waals surface area contributed by atoms with Gasteiger partial charge in [-0.2, -0.15) is 0 Å². The van der Waals surface area contributed by atoms with Crippen molar-refractivity contribution >= 4 is 5.69 Å². The number of hydrogen-bond donors (Lipinski definition) is 0. The van der Waals surface area contributed by atoms with Crippen LogP contribution in [0.1, 0.15) is 12.0 Å². The first-order valence-corrected chi connectivity index (χ1v) is 3.66. The van der Waals surface area contributed by atoms with Crippen molar-refractivity contribution in [3.05, 3.63) is 29.8 Å². The van der Waals surface area contributed by atoms with Gasteiger partial charge in [0.2, 0.25) is 0 Å². The fourth-order valence-corrected chi connectivity index (χ4v) is 0.918. The van der Waals surface area contributed by atoms with Gasteiger partial charge in [0.25, 0.3) is 6.43 Å². The van der Waals surface area contributed by atoms with E-state index < -0.39 is 6.43 Å². The molecule has 0 unspecified atom stereocenters. The second-order valence-corrected chi connectivity index (χ2v) is 2.79. The molecule has 0 spiro atoms. The lowest BCUT2D eigenvalue weighted by molar-refractivity contribution is 0.151. The molecule has 0 aliphatic heterocycles. The topological polar surface area (TPSA) is 3.24 Å². The van der Waals surface area contributed by atoms with Gasteiger partial charge in [0.15, 0.2) is 0 Å². The lowest BCUT2D eigenvalue weighted by atomic mass is 10.2. The number of alkyl halides is 2. The summed E-state index contributed by atoms with van der Waals surface area (Å²) in [5.41, 5.74) is 1.00. The number of anilines is 1. The summed E-state index contributed by atoms with van der Waals surface area (Å²) < 4.78 is 24.2. The molecule has 0 bridgehead atoms. The van der Waals surface area contributed by atoms with Crippen LogP contribution in [0, 0.1) is 0 Å². The van der Waals surface area contributed by atoms with E-state index in [4.69, 9.17) is 0 Å². The zero-order valence-electron chi connectivity index (χ0n) is 7.09. The van der Waals surface area contributed by atoms with Crippen molar-refractivity contribution < 1.29 is 8.78 Å². The summed E-state index contributed by atoms with van der Waals surface area (Å²) in [5.74, 6) is 0. The van der Waals surface area contributed by atoms with E-state index in [-0.39, 0.29) is 5.56 Å². The predicted octanol–water partition coefficient (Wildman–Crippen LogP) is 2.69. The molecule has 0 aromatic heterocycles. The van der Waals surface area contributed by atoms with E-state index in [9.17, 15) is 8.78 Å². The Bertz CT molecular complexity index is 214. The summed E-state index contributed by atoms with van der Waals surface area (Å²) in [5, 5.41) is 0. The van der Waals surface area contributed by atoms with Gasteiger partial charge in [-0.05, 0) is 12.1 Å². The summed E-state index contributed by atoms with van der Waals surface area (Å²) in [4.78, 5) is 1.87. The van der Waals surface area contributed by atoms with Crippen LogP contribution in [0.4, 0.5) is 14.5 Å². The summed E-state index contributed by atoms with van der Waals surface area (Å²) in [6.07, 6.45) is -2.37. The molecule has 1 nitrogen and oxygen atoms in total. The van der Waals surface area contributed by atoms with Crippen LogP contribution in [0.15, 0.2) is 24.3 Å². The molecular formula is C9H11F2N. The first-order chi connectivity index (χ1) is 5.61. The molecular weight excluding hydrogens is 160 g/mol. The van der Waals surface area contributed by atoms with Gasteiger partial charge >= 0.3 is 0 Å². The van der Waals surface area contributed by atoms with Gasteiger partial charge < -0.3 is 4.90 Å². The normalized spacial score (nSPS) is 10.4. The van der Waals surface area contributed by atoms with Crippen LogP contribution in [0.3, 0.4) is 0 Å². The zero-order chi connectivity index (χ0) is 9.14. The van der Waals surface area contributed by atoms with Crippen LogP contribution in [0.5, 0.6) is 0 Å². The second-order valence-electron chi connectivity index (χ2n) is 2.79. The number of benzene rings is 1. The van der Waals surface area contributed by atoms with Crippen molar-refractivity contribution in [3.8, 4) is 0 Å². The molecule has 1 aromatic carbocycles. The maximum absolute atomic E-state index is 12.1. The van der Waals surface area contributed by atoms with E-state index in [1.807, 2.05) is 19.0 Å². The van der Waals surface area contributed by atoms with Crippen LogP contribution in [0.2, 0.25) is 0 Å². The Morgan fingerprint density at radius 1 is 1.08 bits per heavy atom. The quantitative estimate of drug-likeness (QED) is 0.661. The number of rotatable bonds is 2. The fourth-order valence-electron chi connectivity index (χ4n) is 0.918. The van der Waals surface area contributed by atoms with Crippen molar-refractivity contribution in [2.45, 2.75) is 6.43 Å². The summed E-state index contributed by atoms with van der Waals surface area (Å²) in [7, 11) is 3.74. The molecule has 12 heavy (non-hydrogen) atoms. The van der Waals surface area contributed by atoms with E-state index in [1.165, 1.54) is 12.1 Å². The lowest BCUT2D eigenvalue weighted by Gasteiger charge is -2.12. The Morgan fingerprint density at radius 3 is 1.92 bits per heavy atom. The third-order valence-electron chi connectivity index (χ3n) is 1.66.